The van der Waals surface area contributed by atoms with Crippen LogP contribution in [0.5, 0.6) is 0 Å². The molecule has 1 aromatic carbocycles. The fourth-order valence-electron chi connectivity index (χ4n) is 4.77. The zero-order valence-electron chi connectivity index (χ0n) is 16.6. The van der Waals surface area contributed by atoms with E-state index < -0.39 is 13.2 Å². The van der Waals surface area contributed by atoms with Crippen LogP contribution in [0.25, 0.3) is 17.0 Å². The molecule has 0 N–H and O–H groups in total. The number of nitro groups is 1. The molecule has 0 aliphatic heterocycles. The van der Waals surface area contributed by atoms with Gasteiger partial charge in [0, 0.05) is 23.2 Å². The van der Waals surface area contributed by atoms with Crippen molar-refractivity contribution in [1.29, 1.82) is 0 Å². The normalized spacial score (nSPS) is 13.3. The molecule has 0 aliphatic rings. The first-order valence-corrected chi connectivity index (χ1v) is 11.5. The standard InChI is InChI=1S/C21H30N2O2Si/c1-16(2)26(17(3)4,18(5)6)22-15-19(11-9-10-14-23(24)25)20-12-7-8-13-21(20)22/h7-18H,1-6H3/b11-9+,14-10+. The van der Waals surface area contributed by atoms with Gasteiger partial charge in [0.05, 0.1) is 4.92 Å². The molecule has 0 atom stereocenters. The third-order valence-corrected chi connectivity index (χ3v) is 12.3. The van der Waals surface area contributed by atoms with Gasteiger partial charge in [-0.2, -0.15) is 0 Å². The van der Waals surface area contributed by atoms with E-state index in [0.29, 0.717) is 16.6 Å². The van der Waals surface area contributed by atoms with Crippen LogP contribution in [-0.4, -0.2) is 17.4 Å². The number of fused-ring (bicyclic) bond motifs is 1. The first-order chi connectivity index (χ1) is 12.2. The summed E-state index contributed by atoms with van der Waals surface area (Å²) in [6, 6.07) is 8.50. The van der Waals surface area contributed by atoms with Crippen molar-refractivity contribution in [3.8, 4) is 0 Å². The molecule has 4 nitrogen and oxygen atoms in total. The summed E-state index contributed by atoms with van der Waals surface area (Å²) < 4.78 is 2.58. The van der Waals surface area contributed by atoms with Crippen molar-refractivity contribution in [1.82, 2.24) is 4.23 Å². The van der Waals surface area contributed by atoms with Crippen LogP contribution in [0.15, 0.2) is 48.8 Å². The average molecular weight is 371 g/mol. The number of hydrogen-bond donors (Lipinski definition) is 0. The van der Waals surface area contributed by atoms with Crippen molar-refractivity contribution in [3.05, 3.63) is 64.5 Å². The summed E-state index contributed by atoms with van der Waals surface area (Å²) in [5.41, 5.74) is 4.19. The molecule has 0 spiro atoms. The van der Waals surface area contributed by atoms with Crippen LogP contribution < -0.4 is 0 Å². The van der Waals surface area contributed by atoms with Crippen molar-refractivity contribution in [2.24, 2.45) is 0 Å². The highest BCUT2D eigenvalue weighted by molar-refractivity contribution is 6.82. The number of para-hydroxylation sites is 1. The van der Waals surface area contributed by atoms with Crippen LogP contribution in [0.4, 0.5) is 0 Å². The quantitative estimate of drug-likeness (QED) is 0.243. The Bertz CT molecular complexity index is 810. The first kappa shape index (κ1) is 20.2. The summed E-state index contributed by atoms with van der Waals surface area (Å²) in [7, 11) is -1.86. The molecule has 1 heterocycles. The maximum Gasteiger partial charge on any atom is 0.234 e. The Morgan fingerprint density at radius 3 is 2.12 bits per heavy atom. The van der Waals surface area contributed by atoms with E-state index in [1.165, 1.54) is 17.0 Å². The topological polar surface area (TPSA) is 48.1 Å². The third kappa shape index (κ3) is 3.54. The van der Waals surface area contributed by atoms with Crippen LogP contribution >= 0.6 is 0 Å². The molecule has 0 saturated heterocycles. The van der Waals surface area contributed by atoms with Gasteiger partial charge in [-0.1, -0.05) is 71.9 Å². The Hall–Kier alpha value is -2.14. The minimum atomic E-state index is -1.86. The van der Waals surface area contributed by atoms with E-state index in [4.69, 9.17) is 0 Å². The number of rotatable bonds is 7. The highest BCUT2D eigenvalue weighted by Gasteiger charge is 2.45. The maximum absolute atomic E-state index is 10.5. The van der Waals surface area contributed by atoms with E-state index in [1.54, 1.807) is 6.08 Å². The SMILES string of the molecule is CC(C)[Si](C(C)C)(C(C)C)n1cc(/C=C/C=C/[N+](=O)[O-])c2ccccc21. The Morgan fingerprint density at radius 1 is 1.00 bits per heavy atom. The maximum atomic E-state index is 10.5. The van der Waals surface area contributed by atoms with Gasteiger partial charge in [0.25, 0.3) is 0 Å². The lowest BCUT2D eigenvalue weighted by atomic mass is 10.1. The Labute approximate surface area is 157 Å². The summed E-state index contributed by atoms with van der Waals surface area (Å²) >= 11 is 0. The lowest BCUT2D eigenvalue weighted by Gasteiger charge is -2.44. The minimum Gasteiger partial charge on any atom is -0.373 e. The molecule has 140 valence electrons. The molecule has 0 fully saturated rings. The minimum absolute atomic E-state index is 0.443. The van der Waals surface area contributed by atoms with E-state index in [1.807, 2.05) is 6.08 Å². The molecular formula is C21H30N2O2Si. The van der Waals surface area contributed by atoms with Crippen LogP contribution in [0.1, 0.15) is 47.1 Å². The molecule has 5 heteroatoms. The fraction of sp³-hybridized carbons (Fsp3) is 0.429. The van der Waals surface area contributed by atoms with E-state index in [9.17, 15) is 10.1 Å². The molecule has 2 rings (SSSR count). The lowest BCUT2D eigenvalue weighted by Crippen LogP contribution is -2.51. The molecule has 0 radical (unpaired) electrons. The van der Waals surface area contributed by atoms with Crippen molar-refractivity contribution >= 4 is 25.2 Å². The average Bonchev–Trinajstić information content (AvgIpc) is 2.90. The van der Waals surface area contributed by atoms with E-state index >= 15 is 0 Å². The summed E-state index contributed by atoms with van der Waals surface area (Å²) in [5, 5.41) is 11.7. The van der Waals surface area contributed by atoms with E-state index in [2.05, 4.69) is 76.2 Å². The molecule has 1 aromatic heterocycles. The molecule has 2 aromatic rings. The zero-order chi connectivity index (χ0) is 19.5. The van der Waals surface area contributed by atoms with Gasteiger partial charge in [-0.15, -0.1) is 0 Å². The van der Waals surface area contributed by atoms with Gasteiger partial charge in [0.1, 0.15) is 0 Å². The smallest absolute Gasteiger partial charge is 0.234 e. The van der Waals surface area contributed by atoms with Gasteiger partial charge in [-0.05, 0) is 28.3 Å². The number of aromatic nitrogens is 1. The van der Waals surface area contributed by atoms with Crippen molar-refractivity contribution in [2.75, 3.05) is 0 Å². The van der Waals surface area contributed by atoms with Gasteiger partial charge < -0.3 is 4.23 Å². The zero-order valence-corrected chi connectivity index (χ0v) is 17.6. The largest absolute Gasteiger partial charge is 0.373 e. The van der Waals surface area contributed by atoms with Crippen molar-refractivity contribution < 1.29 is 4.92 Å². The van der Waals surface area contributed by atoms with Crippen LogP contribution in [0, 0.1) is 10.1 Å². The Morgan fingerprint density at radius 2 is 1.58 bits per heavy atom. The van der Waals surface area contributed by atoms with Gasteiger partial charge in [-0.25, -0.2) is 0 Å². The molecular weight excluding hydrogens is 340 g/mol. The van der Waals surface area contributed by atoms with Crippen LogP contribution in [-0.2, 0) is 0 Å². The van der Waals surface area contributed by atoms with E-state index in [0.717, 1.165) is 11.8 Å². The second-order valence-corrected chi connectivity index (χ2v) is 13.5. The summed E-state index contributed by atoms with van der Waals surface area (Å²) in [4.78, 5) is 10.0. The Balaban J connectivity index is 2.70. The number of hydrogen-bond acceptors (Lipinski definition) is 2. The number of benzene rings is 1. The summed E-state index contributed by atoms with van der Waals surface area (Å²) in [6.45, 7) is 14.1. The molecule has 0 amide bonds. The second-order valence-electron chi connectivity index (χ2n) is 7.81. The second kappa shape index (κ2) is 8.04. The highest BCUT2D eigenvalue weighted by atomic mass is 28.3. The number of allylic oxidation sites excluding steroid dienone is 2. The first-order valence-electron chi connectivity index (χ1n) is 9.31. The lowest BCUT2D eigenvalue weighted by molar-refractivity contribution is -0.402. The Kier molecular flexibility index (Phi) is 6.24. The molecule has 0 aliphatic carbocycles. The predicted octanol–water partition coefficient (Wildman–Crippen LogP) is 6.47. The number of nitrogens with zero attached hydrogens (tertiary/aromatic N) is 2. The van der Waals surface area contributed by atoms with Crippen molar-refractivity contribution in [3.63, 3.8) is 0 Å². The summed E-state index contributed by atoms with van der Waals surface area (Å²) in [5.74, 6) is 0. The predicted molar refractivity (Wildman–Crippen MR) is 114 cm³/mol. The van der Waals surface area contributed by atoms with Crippen LogP contribution in [0.2, 0.25) is 16.6 Å². The molecule has 0 bridgehead atoms. The van der Waals surface area contributed by atoms with E-state index in [-0.39, 0.29) is 0 Å². The fourth-order valence-corrected chi connectivity index (χ4v) is 11.4. The molecule has 0 unspecified atom stereocenters. The molecule has 0 saturated carbocycles. The molecule has 26 heavy (non-hydrogen) atoms. The van der Waals surface area contributed by atoms with Gasteiger partial charge >= 0.3 is 0 Å². The van der Waals surface area contributed by atoms with Gasteiger partial charge in [-0.3, -0.25) is 10.1 Å². The van der Waals surface area contributed by atoms with Gasteiger partial charge in [0.15, 0.2) is 8.24 Å². The third-order valence-electron chi connectivity index (χ3n) is 5.53. The van der Waals surface area contributed by atoms with Gasteiger partial charge in [0.2, 0.25) is 6.20 Å². The van der Waals surface area contributed by atoms with Crippen LogP contribution in [0.3, 0.4) is 0 Å². The monoisotopic (exact) mass is 370 g/mol. The van der Waals surface area contributed by atoms with Crippen molar-refractivity contribution in [2.45, 2.75) is 58.2 Å². The highest BCUT2D eigenvalue weighted by Crippen LogP contribution is 2.44. The summed E-state index contributed by atoms with van der Waals surface area (Å²) in [6.07, 6.45) is 8.43.